The van der Waals surface area contributed by atoms with Gasteiger partial charge in [0.25, 0.3) is 0 Å². The van der Waals surface area contributed by atoms with Gasteiger partial charge in [-0.15, -0.1) is 0 Å². The molecule has 0 fully saturated rings. The molecular weight excluding hydrogens is 278 g/mol. The molecule has 0 aliphatic heterocycles. The van der Waals surface area contributed by atoms with Crippen LogP contribution in [0.2, 0.25) is 0 Å². The average molecular weight is 299 g/mol. The first kappa shape index (κ1) is 16.5. The Morgan fingerprint density at radius 3 is 2.35 bits per heavy atom. The SMILES string of the molecule is CCc1ccc(S(=O)(=O)NC(C(N)=O)C(C)C)cc1N. The first-order chi connectivity index (χ1) is 9.19. The van der Waals surface area contributed by atoms with Gasteiger partial charge >= 0.3 is 0 Å². The topological polar surface area (TPSA) is 115 Å². The quantitative estimate of drug-likeness (QED) is 0.668. The summed E-state index contributed by atoms with van der Waals surface area (Å²) in [6.07, 6.45) is 0.718. The Labute approximate surface area is 119 Å². The summed E-state index contributed by atoms with van der Waals surface area (Å²) in [5.41, 5.74) is 12.3. The van der Waals surface area contributed by atoms with E-state index in [9.17, 15) is 13.2 Å². The van der Waals surface area contributed by atoms with Gasteiger partial charge in [0.15, 0.2) is 0 Å². The molecule has 112 valence electrons. The van der Waals surface area contributed by atoms with Crippen LogP contribution in [-0.4, -0.2) is 20.4 Å². The lowest BCUT2D eigenvalue weighted by Crippen LogP contribution is -2.47. The van der Waals surface area contributed by atoms with Gasteiger partial charge in [0, 0.05) is 5.69 Å². The Morgan fingerprint density at radius 2 is 1.95 bits per heavy atom. The lowest BCUT2D eigenvalue weighted by molar-refractivity contribution is -0.120. The number of sulfonamides is 1. The van der Waals surface area contributed by atoms with Crippen LogP contribution in [0.15, 0.2) is 23.1 Å². The predicted octanol–water partition coefficient (Wildman–Crippen LogP) is 0.619. The number of hydrogen-bond donors (Lipinski definition) is 3. The van der Waals surface area contributed by atoms with Gasteiger partial charge in [0.1, 0.15) is 6.04 Å². The number of nitrogens with two attached hydrogens (primary N) is 2. The Balaban J connectivity index is 3.11. The van der Waals surface area contributed by atoms with Crippen molar-refractivity contribution in [1.82, 2.24) is 4.72 Å². The highest BCUT2D eigenvalue weighted by atomic mass is 32.2. The summed E-state index contributed by atoms with van der Waals surface area (Å²) in [5, 5.41) is 0. The van der Waals surface area contributed by atoms with Crippen LogP contribution in [0.5, 0.6) is 0 Å². The molecule has 5 N–H and O–H groups in total. The van der Waals surface area contributed by atoms with Crippen LogP contribution in [0.4, 0.5) is 5.69 Å². The third-order valence-electron chi connectivity index (χ3n) is 3.06. The molecule has 1 aromatic carbocycles. The second-order valence-corrected chi connectivity index (χ2v) is 6.67. The first-order valence-corrected chi connectivity index (χ1v) is 7.87. The number of nitrogens with one attached hydrogen (secondary N) is 1. The number of benzene rings is 1. The zero-order valence-electron chi connectivity index (χ0n) is 11.9. The number of primary amides is 1. The summed E-state index contributed by atoms with van der Waals surface area (Å²) in [7, 11) is -3.83. The number of carbonyl (C=O) groups is 1. The molecular formula is C13H21N3O3S. The van der Waals surface area contributed by atoms with E-state index in [-0.39, 0.29) is 10.8 Å². The van der Waals surface area contributed by atoms with Crippen molar-refractivity contribution in [2.45, 2.75) is 38.1 Å². The number of nitrogen functional groups attached to an aromatic ring is 1. The molecule has 6 nitrogen and oxygen atoms in total. The minimum atomic E-state index is -3.83. The molecule has 0 aliphatic rings. The van der Waals surface area contributed by atoms with Crippen LogP contribution >= 0.6 is 0 Å². The third kappa shape index (κ3) is 3.71. The molecule has 0 radical (unpaired) electrons. The molecule has 0 saturated carbocycles. The van der Waals surface area contributed by atoms with E-state index in [1.807, 2.05) is 6.92 Å². The summed E-state index contributed by atoms with van der Waals surface area (Å²) >= 11 is 0. The minimum Gasteiger partial charge on any atom is -0.398 e. The molecule has 0 spiro atoms. The van der Waals surface area contributed by atoms with Gasteiger partial charge in [-0.25, -0.2) is 8.42 Å². The van der Waals surface area contributed by atoms with Crippen LogP contribution in [0.25, 0.3) is 0 Å². The predicted molar refractivity (Wildman–Crippen MR) is 78.4 cm³/mol. The second kappa shape index (κ2) is 6.23. The van der Waals surface area contributed by atoms with Crippen molar-refractivity contribution in [2.24, 2.45) is 11.7 Å². The van der Waals surface area contributed by atoms with E-state index in [0.717, 1.165) is 12.0 Å². The van der Waals surface area contributed by atoms with Crippen molar-refractivity contribution in [3.8, 4) is 0 Å². The van der Waals surface area contributed by atoms with E-state index in [0.29, 0.717) is 5.69 Å². The molecule has 0 aliphatic carbocycles. The van der Waals surface area contributed by atoms with E-state index >= 15 is 0 Å². The van der Waals surface area contributed by atoms with Crippen molar-refractivity contribution in [3.05, 3.63) is 23.8 Å². The smallest absolute Gasteiger partial charge is 0.241 e. The Bertz CT molecular complexity index is 597. The van der Waals surface area contributed by atoms with E-state index < -0.39 is 22.0 Å². The number of rotatable bonds is 6. The highest BCUT2D eigenvalue weighted by Crippen LogP contribution is 2.19. The number of amides is 1. The highest BCUT2D eigenvalue weighted by Gasteiger charge is 2.26. The zero-order valence-corrected chi connectivity index (χ0v) is 12.7. The van der Waals surface area contributed by atoms with Gasteiger partial charge in [-0.2, -0.15) is 4.72 Å². The fraction of sp³-hybridized carbons (Fsp3) is 0.462. The molecule has 1 amide bonds. The van der Waals surface area contributed by atoms with Crippen molar-refractivity contribution < 1.29 is 13.2 Å². The Morgan fingerprint density at radius 1 is 1.35 bits per heavy atom. The maximum Gasteiger partial charge on any atom is 0.241 e. The van der Waals surface area contributed by atoms with Crippen molar-refractivity contribution >= 4 is 21.6 Å². The summed E-state index contributed by atoms with van der Waals surface area (Å²) in [6, 6.07) is 3.57. The van der Waals surface area contributed by atoms with Crippen LogP contribution in [0, 0.1) is 5.92 Å². The Hall–Kier alpha value is -1.60. The fourth-order valence-corrected chi connectivity index (χ4v) is 3.21. The third-order valence-corrected chi connectivity index (χ3v) is 4.50. The molecule has 0 saturated heterocycles. The minimum absolute atomic E-state index is 0.0269. The molecule has 1 unspecified atom stereocenters. The molecule has 1 atom stereocenters. The standard InChI is InChI=1S/C13H21N3O3S/c1-4-9-5-6-10(7-11(9)14)20(18,19)16-12(8(2)3)13(15)17/h5-8,12,16H,4,14H2,1-3H3,(H2,15,17). The fourth-order valence-electron chi connectivity index (χ4n) is 1.82. The molecule has 1 aromatic rings. The summed E-state index contributed by atoms with van der Waals surface area (Å²) in [5.74, 6) is -0.948. The Kier molecular flexibility index (Phi) is 5.13. The lowest BCUT2D eigenvalue weighted by Gasteiger charge is -2.19. The number of aryl methyl sites for hydroxylation is 1. The van der Waals surface area contributed by atoms with E-state index in [4.69, 9.17) is 11.5 Å². The van der Waals surface area contributed by atoms with Crippen molar-refractivity contribution in [1.29, 1.82) is 0 Å². The van der Waals surface area contributed by atoms with E-state index in [1.165, 1.54) is 12.1 Å². The van der Waals surface area contributed by atoms with Crippen molar-refractivity contribution in [3.63, 3.8) is 0 Å². The number of hydrogen-bond acceptors (Lipinski definition) is 4. The van der Waals surface area contributed by atoms with Gasteiger partial charge in [0.2, 0.25) is 15.9 Å². The van der Waals surface area contributed by atoms with Crippen LogP contribution in [0.3, 0.4) is 0 Å². The zero-order chi connectivity index (χ0) is 15.5. The number of carbonyl (C=O) groups excluding carboxylic acids is 1. The molecule has 0 aromatic heterocycles. The molecule has 0 heterocycles. The van der Waals surface area contributed by atoms with Crippen molar-refractivity contribution in [2.75, 3.05) is 5.73 Å². The van der Waals surface area contributed by atoms with Gasteiger partial charge < -0.3 is 11.5 Å². The van der Waals surface area contributed by atoms with Gasteiger partial charge in [-0.05, 0) is 30.0 Å². The molecule has 1 rings (SSSR count). The highest BCUT2D eigenvalue weighted by molar-refractivity contribution is 7.89. The normalized spacial score (nSPS) is 13.4. The van der Waals surface area contributed by atoms with Crippen LogP contribution in [0.1, 0.15) is 26.3 Å². The lowest BCUT2D eigenvalue weighted by atomic mass is 10.1. The van der Waals surface area contributed by atoms with Gasteiger partial charge in [-0.3, -0.25) is 4.79 Å². The monoisotopic (exact) mass is 299 g/mol. The van der Waals surface area contributed by atoms with Gasteiger partial charge in [-0.1, -0.05) is 26.8 Å². The van der Waals surface area contributed by atoms with Crippen LogP contribution in [-0.2, 0) is 21.2 Å². The van der Waals surface area contributed by atoms with Gasteiger partial charge in [0.05, 0.1) is 4.90 Å². The maximum atomic E-state index is 12.2. The average Bonchev–Trinajstić information content (AvgIpc) is 2.35. The largest absolute Gasteiger partial charge is 0.398 e. The van der Waals surface area contributed by atoms with E-state index in [2.05, 4.69) is 4.72 Å². The summed E-state index contributed by atoms with van der Waals surface area (Å²) < 4.78 is 26.8. The molecule has 20 heavy (non-hydrogen) atoms. The second-order valence-electron chi connectivity index (χ2n) is 4.96. The number of anilines is 1. The molecule has 0 bridgehead atoms. The summed E-state index contributed by atoms with van der Waals surface area (Å²) in [4.78, 5) is 11.3. The maximum absolute atomic E-state index is 12.2. The molecule has 7 heteroatoms. The van der Waals surface area contributed by atoms with Crippen LogP contribution < -0.4 is 16.2 Å². The first-order valence-electron chi connectivity index (χ1n) is 6.39. The van der Waals surface area contributed by atoms with E-state index in [1.54, 1.807) is 19.9 Å². The summed E-state index contributed by atoms with van der Waals surface area (Å²) in [6.45, 7) is 5.36.